The smallest absolute Gasteiger partial charge is 0.105 e. The highest BCUT2D eigenvalue weighted by atomic mass is 16.5. The summed E-state index contributed by atoms with van der Waals surface area (Å²) in [6.07, 6.45) is 3.16. The van der Waals surface area contributed by atoms with Crippen LogP contribution in [0.15, 0.2) is 6.20 Å². The van der Waals surface area contributed by atoms with Crippen LogP contribution in [0.1, 0.15) is 31.8 Å². The molecule has 0 atom stereocenters. The molecule has 1 rings (SSSR count). The highest BCUT2D eigenvalue weighted by molar-refractivity contribution is 5.04. The second-order valence-electron chi connectivity index (χ2n) is 4.80. The Labute approximate surface area is 104 Å². The number of hydrogen-bond donors (Lipinski definition) is 1. The topological polar surface area (TPSA) is 39.1 Å². The van der Waals surface area contributed by atoms with Gasteiger partial charge < -0.3 is 14.6 Å². The van der Waals surface area contributed by atoms with Crippen LogP contribution in [-0.2, 0) is 17.8 Å². The molecule has 0 saturated carbocycles. The van der Waals surface area contributed by atoms with Crippen LogP contribution in [0.25, 0.3) is 0 Å². The summed E-state index contributed by atoms with van der Waals surface area (Å²) in [4.78, 5) is 4.39. The molecule has 0 saturated heterocycles. The lowest BCUT2D eigenvalue weighted by molar-refractivity contribution is 0.199. The molecule has 0 unspecified atom stereocenters. The third-order valence-electron chi connectivity index (χ3n) is 2.86. The van der Waals surface area contributed by atoms with Crippen LogP contribution in [0.4, 0.5) is 0 Å². The van der Waals surface area contributed by atoms with Gasteiger partial charge in [0, 0.05) is 32.9 Å². The molecule has 4 nitrogen and oxygen atoms in total. The van der Waals surface area contributed by atoms with Crippen LogP contribution in [0.5, 0.6) is 0 Å². The highest BCUT2D eigenvalue weighted by Crippen LogP contribution is 2.09. The van der Waals surface area contributed by atoms with Gasteiger partial charge in [-0.3, -0.25) is 0 Å². The summed E-state index contributed by atoms with van der Waals surface area (Å²) < 4.78 is 7.31. The van der Waals surface area contributed by atoms with Gasteiger partial charge in [0.15, 0.2) is 0 Å². The number of hydrogen-bond acceptors (Lipinski definition) is 3. The van der Waals surface area contributed by atoms with E-state index in [4.69, 9.17) is 4.74 Å². The third kappa shape index (κ3) is 4.88. The summed E-state index contributed by atoms with van der Waals surface area (Å²) in [5.74, 6) is 1.83. The quantitative estimate of drug-likeness (QED) is 0.705. The fourth-order valence-corrected chi connectivity index (χ4v) is 1.74. The Morgan fingerprint density at radius 1 is 1.47 bits per heavy atom. The molecule has 1 heterocycles. The van der Waals surface area contributed by atoms with E-state index in [9.17, 15) is 0 Å². The second-order valence-corrected chi connectivity index (χ2v) is 4.80. The molecule has 0 amide bonds. The number of imidazole rings is 1. The summed E-state index contributed by atoms with van der Waals surface area (Å²) >= 11 is 0. The van der Waals surface area contributed by atoms with Crippen LogP contribution >= 0.6 is 0 Å². The van der Waals surface area contributed by atoms with Gasteiger partial charge in [0.05, 0.1) is 12.3 Å². The predicted molar refractivity (Wildman–Crippen MR) is 70.0 cm³/mol. The molecular formula is C13H25N3O. The van der Waals surface area contributed by atoms with Crippen LogP contribution in [-0.4, -0.2) is 29.8 Å². The molecule has 98 valence electrons. The molecule has 0 aliphatic heterocycles. The Hall–Kier alpha value is -0.870. The summed E-state index contributed by atoms with van der Waals surface area (Å²) in [5.41, 5.74) is 1.26. The molecule has 0 aliphatic carbocycles. The summed E-state index contributed by atoms with van der Waals surface area (Å²) in [7, 11) is 1.72. The Morgan fingerprint density at radius 2 is 2.24 bits per heavy atom. The SMILES string of the molecule is COCCNCc1cnc(C)n1CCC(C)C. The van der Waals surface area contributed by atoms with Gasteiger partial charge in [-0.05, 0) is 19.3 Å². The van der Waals surface area contributed by atoms with E-state index in [-0.39, 0.29) is 0 Å². The molecule has 0 aromatic carbocycles. The molecular weight excluding hydrogens is 214 g/mol. The fourth-order valence-electron chi connectivity index (χ4n) is 1.74. The molecule has 0 spiro atoms. The zero-order valence-corrected chi connectivity index (χ0v) is 11.5. The second kappa shape index (κ2) is 7.45. The van der Waals surface area contributed by atoms with Crippen molar-refractivity contribution in [2.24, 2.45) is 5.92 Å². The van der Waals surface area contributed by atoms with E-state index in [1.807, 2.05) is 6.20 Å². The number of aromatic nitrogens is 2. The molecule has 1 N–H and O–H groups in total. The number of nitrogens with one attached hydrogen (secondary N) is 1. The Balaban J connectivity index is 2.47. The van der Waals surface area contributed by atoms with Gasteiger partial charge in [-0.15, -0.1) is 0 Å². The van der Waals surface area contributed by atoms with Crippen LogP contribution in [0.3, 0.4) is 0 Å². The minimum absolute atomic E-state index is 0.728. The summed E-state index contributed by atoms with van der Waals surface area (Å²) in [6, 6.07) is 0. The lowest BCUT2D eigenvalue weighted by atomic mass is 10.1. The lowest BCUT2D eigenvalue weighted by Gasteiger charge is -2.12. The van der Waals surface area contributed by atoms with E-state index < -0.39 is 0 Å². The van der Waals surface area contributed by atoms with E-state index in [1.54, 1.807) is 7.11 Å². The van der Waals surface area contributed by atoms with Crippen LogP contribution in [0, 0.1) is 12.8 Å². The van der Waals surface area contributed by atoms with Crippen LogP contribution in [0.2, 0.25) is 0 Å². The van der Waals surface area contributed by atoms with Gasteiger partial charge in [-0.2, -0.15) is 0 Å². The molecule has 1 aromatic rings. The fraction of sp³-hybridized carbons (Fsp3) is 0.769. The van der Waals surface area contributed by atoms with E-state index >= 15 is 0 Å². The molecule has 0 fully saturated rings. The zero-order chi connectivity index (χ0) is 12.7. The van der Waals surface area contributed by atoms with Crippen molar-refractivity contribution in [3.05, 3.63) is 17.7 Å². The molecule has 0 aliphatic rings. The number of nitrogens with zero attached hydrogens (tertiary/aromatic N) is 2. The first-order valence-electron chi connectivity index (χ1n) is 6.35. The van der Waals surface area contributed by atoms with Gasteiger partial charge in [0.25, 0.3) is 0 Å². The molecule has 1 aromatic heterocycles. The number of rotatable bonds is 8. The average molecular weight is 239 g/mol. The van der Waals surface area contributed by atoms with E-state index in [0.717, 1.165) is 38.0 Å². The van der Waals surface area contributed by atoms with E-state index in [2.05, 4.69) is 35.6 Å². The number of ether oxygens (including phenoxy) is 1. The maximum atomic E-state index is 5.01. The third-order valence-corrected chi connectivity index (χ3v) is 2.86. The Kier molecular flexibility index (Phi) is 6.22. The molecule has 17 heavy (non-hydrogen) atoms. The zero-order valence-electron chi connectivity index (χ0n) is 11.5. The average Bonchev–Trinajstić information content (AvgIpc) is 2.63. The molecule has 4 heteroatoms. The van der Waals surface area contributed by atoms with E-state index in [1.165, 1.54) is 12.1 Å². The number of aryl methyl sites for hydroxylation is 1. The minimum atomic E-state index is 0.728. The molecule has 0 radical (unpaired) electrons. The van der Waals surface area contributed by atoms with Crippen molar-refractivity contribution in [3.63, 3.8) is 0 Å². The van der Waals surface area contributed by atoms with Crippen molar-refractivity contribution in [1.29, 1.82) is 0 Å². The van der Waals surface area contributed by atoms with Gasteiger partial charge in [0.1, 0.15) is 5.82 Å². The minimum Gasteiger partial charge on any atom is -0.383 e. The van der Waals surface area contributed by atoms with Crippen molar-refractivity contribution in [1.82, 2.24) is 14.9 Å². The standard InChI is InChI=1S/C13H25N3O/c1-11(2)5-7-16-12(3)15-10-13(16)9-14-6-8-17-4/h10-11,14H,5-9H2,1-4H3. The van der Waals surface area contributed by atoms with Crippen molar-refractivity contribution in [3.8, 4) is 0 Å². The van der Waals surface area contributed by atoms with Crippen molar-refractivity contribution < 1.29 is 4.74 Å². The largest absolute Gasteiger partial charge is 0.383 e. The first kappa shape index (κ1) is 14.2. The van der Waals surface area contributed by atoms with Gasteiger partial charge in [-0.25, -0.2) is 4.98 Å². The maximum Gasteiger partial charge on any atom is 0.105 e. The maximum absolute atomic E-state index is 5.01. The van der Waals surface area contributed by atoms with E-state index in [0.29, 0.717) is 0 Å². The van der Waals surface area contributed by atoms with Crippen LogP contribution < -0.4 is 5.32 Å². The highest BCUT2D eigenvalue weighted by Gasteiger charge is 2.06. The Bertz CT molecular complexity index is 320. The number of methoxy groups -OCH3 is 1. The molecule has 0 bridgehead atoms. The van der Waals surface area contributed by atoms with Gasteiger partial charge >= 0.3 is 0 Å². The lowest BCUT2D eigenvalue weighted by Crippen LogP contribution is -2.21. The normalized spacial score (nSPS) is 11.4. The predicted octanol–water partition coefficient (Wildman–Crippen LogP) is 1.97. The van der Waals surface area contributed by atoms with Crippen molar-refractivity contribution >= 4 is 0 Å². The van der Waals surface area contributed by atoms with Gasteiger partial charge in [-0.1, -0.05) is 13.8 Å². The summed E-state index contributed by atoms with van der Waals surface area (Å²) in [5, 5.41) is 3.36. The van der Waals surface area contributed by atoms with Crippen molar-refractivity contribution in [2.75, 3.05) is 20.3 Å². The monoisotopic (exact) mass is 239 g/mol. The first-order valence-corrected chi connectivity index (χ1v) is 6.35. The Morgan fingerprint density at radius 3 is 2.88 bits per heavy atom. The van der Waals surface area contributed by atoms with Gasteiger partial charge in [0.2, 0.25) is 0 Å². The van der Waals surface area contributed by atoms with Crippen molar-refractivity contribution in [2.45, 2.75) is 40.3 Å². The summed E-state index contributed by atoms with van der Waals surface area (Å²) in [6.45, 7) is 10.1. The first-order chi connectivity index (χ1) is 8.15.